The summed E-state index contributed by atoms with van der Waals surface area (Å²) in [5.74, 6) is -0.121. The van der Waals surface area contributed by atoms with Crippen molar-refractivity contribution in [3.8, 4) is 0 Å². The molecule has 0 saturated carbocycles. The van der Waals surface area contributed by atoms with Crippen LogP contribution >= 0.6 is 0 Å². The van der Waals surface area contributed by atoms with Gasteiger partial charge in [0.1, 0.15) is 6.33 Å². The molecule has 0 saturated heterocycles. The molecule has 0 aliphatic heterocycles. The first-order valence-corrected chi connectivity index (χ1v) is 5.86. The van der Waals surface area contributed by atoms with Crippen LogP contribution in [0, 0.1) is 6.92 Å². The molecule has 1 heterocycles. The van der Waals surface area contributed by atoms with Gasteiger partial charge < -0.3 is 5.32 Å². The maximum absolute atomic E-state index is 11.9. The molecule has 18 heavy (non-hydrogen) atoms. The summed E-state index contributed by atoms with van der Waals surface area (Å²) in [4.78, 5) is 19.7. The number of nitrogens with zero attached hydrogens (tertiary/aromatic N) is 2. The van der Waals surface area contributed by atoms with Gasteiger partial charge in [0, 0.05) is 12.7 Å². The highest BCUT2D eigenvalue weighted by molar-refractivity contribution is 5.94. The van der Waals surface area contributed by atoms with E-state index in [1.807, 2.05) is 30.3 Å². The SMILES string of the molecule is Cc1ncncc1C(=O)NCCc1ccccc1. The van der Waals surface area contributed by atoms with Crippen molar-refractivity contribution in [2.75, 3.05) is 6.54 Å². The molecule has 4 heteroatoms. The number of aryl methyl sites for hydroxylation is 1. The Labute approximate surface area is 106 Å². The standard InChI is InChI=1S/C14H15N3O/c1-11-13(9-15-10-17-11)14(18)16-8-7-12-5-3-2-4-6-12/h2-6,9-10H,7-8H2,1H3,(H,16,18). The van der Waals surface area contributed by atoms with Gasteiger partial charge in [0.05, 0.1) is 11.3 Å². The number of hydrogen-bond donors (Lipinski definition) is 1. The molecular weight excluding hydrogens is 226 g/mol. The van der Waals surface area contributed by atoms with Gasteiger partial charge in [-0.1, -0.05) is 30.3 Å². The number of nitrogens with one attached hydrogen (secondary N) is 1. The zero-order valence-corrected chi connectivity index (χ0v) is 10.3. The average molecular weight is 241 g/mol. The summed E-state index contributed by atoms with van der Waals surface area (Å²) in [6.07, 6.45) is 3.80. The lowest BCUT2D eigenvalue weighted by molar-refractivity contribution is 0.0952. The Morgan fingerprint density at radius 2 is 2.06 bits per heavy atom. The molecule has 0 bridgehead atoms. The number of amides is 1. The van der Waals surface area contributed by atoms with E-state index in [0.29, 0.717) is 17.8 Å². The zero-order chi connectivity index (χ0) is 12.8. The average Bonchev–Trinajstić information content (AvgIpc) is 2.40. The lowest BCUT2D eigenvalue weighted by Gasteiger charge is -2.06. The van der Waals surface area contributed by atoms with Crippen LogP contribution in [0.1, 0.15) is 21.6 Å². The second-order valence-electron chi connectivity index (χ2n) is 4.01. The topological polar surface area (TPSA) is 54.9 Å². The molecule has 1 aromatic heterocycles. The van der Waals surface area contributed by atoms with Crippen LogP contribution in [0.4, 0.5) is 0 Å². The summed E-state index contributed by atoms with van der Waals surface area (Å²) >= 11 is 0. The van der Waals surface area contributed by atoms with Crippen molar-refractivity contribution >= 4 is 5.91 Å². The second kappa shape index (κ2) is 5.91. The van der Waals surface area contributed by atoms with Gasteiger partial charge in [-0.3, -0.25) is 4.79 Å². The number of benzene rings is 1. The van der Waals surface area contributed by atoms with E-state index in [9.17, 15) is 4.79 Å². The molecule has 4 nitrogen and oxygen atoms in total. The van der Waals surface area contributed by atoms with Crippen LogP contribution in [-0.4, -0.2) is 22.4 Å². The molecule has 1 aromatic carbocycles. The Kier molecular flexibility index (Phi) is 4.02. The predicted octanol–water partition coefficient (Wildman–Crippen LogP) is 1.76. The van der Waals surface area contributed by atoms with Crippen LogP contribution in [0.25, 0.3) is 0 Å². The summed E-state index contributed by atoms with van der Waals surface area (Å²) in [6, 6.07) is 10.1. The van der Waals surface area contributed by atoms with Gasteiger partial charge in [0.15, 0.2) is 0 Å². The van der Waals surface area contributed by atoms with Crippen molar-refractivity contribution in [3.05, 3.63) is 59.7 Å². The normalized spacial score (nSPS) is 10.1. The van der Waals surface area contributed by atoms with Gasteiger partial charge in [-0.15, -0.1) is 0 Å². The van der Waals surface area contributed by atoms with Crippen LogP contribution in [0.15, 0.2) is 42.9 Å². The third kappa shape index (κ3) is 3.13. The number of aromatic nitrogens is 2. The fraction of sp³-hybridized carbons (Fsp3) is 0.214. The third-order valence-corrected chi connectivity index (χ3v) is 2.70. The number of carbonyl (C=O) groups excluding carboxylic acids is 1. The summed E-state index contributed by atoms with van der Waals surface area (Å²) in [5, 5.41) is 2.87. The lowest BCUT2D eigenvalue weighted by Crippen LogP contribution is -2.26. The molecule has 1 amide bonds. The fourth-order valence-electron chi connectivity index (χ4n) is 1.67. The maximum atomic E-state index is 11.9. The van der Waals surface area contributed by atoms with Crippen molar-refractivity contribution in [2.24, 2.45) is 0 Å². The summed E-state index contributed by atoms with van der Waals surface area (Å²) in [5.41, 5.74) is 2.44. The summed E-state index contributed by atoms with van der Waals surface area (Å²) < 4.78 is 0. The predicted molar refractivity (Wildman–Crippen MR) is 69.2 cm³/mol. The molecule has 0 spiro atoms. The number of hydrogen-bond acceptors (Lipinski definition) is 3. The second-order valence-corrected chi connectivity index (χ2v) is 4.01. The van der Waals surface area contributed by atoms with Crippen LogP contribution < -0.4 is 5.32 Å². The van der Waals surface area contributed by atoms with Gasteiger partial charge in [-0.2, -0.15) is 0 Å². The van der Waals surface area contributed by atoms with Gasteiger partial charge >= 0.3 is 0 Å². The van der Waals surface area contributed by atoms with Crippen molar-refractivity contribution in [2.45, 2.75) is 13.3 Å². The molecule has 2 rings (SSSR count). The Morgan fingerprint density at radius 1 is 1.28 bits per heavy atom. The highest BCUT2D eigenvalue weighted by Gasteiger charge is 2.08. The Morgan fingerprint density at radius 3 is 2.78 bits per heavy atom. The van der Waals surface area contributed by atoms with Crippen LogP contribution in [0.2, 0.25) is 0 Å². The lowest BCUT2D eigenvalue weighted by atomic mass is 10.1. The van der Waals surface area contributed by atoms with E-state index in [4.69, 9.17) is 0 Å². The number of rotatable bonds is 4. The van der Waals surface area contributed by atoms with Crippen molar-refractivity contribution in [1.29, 1.82) is 0 Å². The zero-order valence-electron chi connectivity index (χ0n) is 10.3. The van der Waals surface area contributed by atoms with Crippen LogP contribution in [-0.2, 0) is 6.42 Å². The van der Waals surface area contributed by atoms with E-state index in [0.717, 1.165) is 6.42 Å². The number of carbonyl (C=O) groups is 1. The smallest absolute Gasteiger partial charge is 0.254 e. The Bertz CT molecular complexity index is 526. The first kappa shape index (κ1) is 12.2. The van der Waals surface area contributed by atoms with Gasteiger partial charge in [0.25, 0.3) is 5.91 Å². The van der Waals surface area contributed by atoms with Crippen LogP contribution in [0.5, 0.6) is 0 Å². The van der Waals surface area contributed by atoms with E-state index in [1.165, 1.54) is 11.9 Å². The molecule has 0 radical (unpaired) electrons. The third-order valence-electron chi connectivity index (χ3n) is 2.70. The Hall–Kier alpha value is -2.23. The van der Waals surface area contributed by atoms with E-state index in [2.05, 4.69) is 15.3 Å². The fourth-order valence-corrected chi connectivity index (χ4v) is 1.67. The highest BCUT2D eigenvalue weighted by atomic mass is 16.1. The summed E-state index contributed by atoms with van der Waals surface area (Å²) in [6.45, 7) is 2.41. The van der Waals surface area contributed by atoms with Crippen molar-refractivity contribution in [1.82, 2.24) is 15.3 Å². The molecule has 1 N–H and O–H groups in total. The maximum Gasteiger partial charge on any atom is 0.254 e. The van der Waals surface area contributed by atoms with Gasteiger partial charge in [-0.05, 0) is 18.9 Å². The van der Waals surface area contributed by atoms with Crippen molar-refractivity contribution in [3.63, 3.8) is 0 Å². The molecule has 2 aromatic rings. The van der Waals surface area contributed by atoms with Gasteiger partial charge in [0.2, 0.25) is 0 Å². The van der Waals surface area contributed by atoms with E-state index in [1.54, 1.807) is 13.1 Å². The van der Waals surface area contributed by atoms with E-state index >= 15 is 0 Å². The van der Waals surface area contributed by atoms with Crippen molar-refractivity contribution < 1.29 is 4.79 Å². The largest absolute Gasteiger partial charge is 0.352 e. The molecule has 0 fully saturated rings. The molecule has 0 unspecified atom stereocenters. The van der Waals surface area contributed by atoms with E-state index in [-0.39, 0.29) is 5.91 Å². The molecular formula is C14H15N3O. The first-order chi connectivity index (χ1) is 8.77. The molecule has 0 atom stereocenters. The quantitative estimate of drug-likeness (QED) is 0.887. The monoisotopic (exact) mass is 241 g/mol. The molecule has 0 aliphatic rings. The summed E-state index contributed by atoms with van der Waals surface area (Å²) in [7, 11) is 0. The minimum atomic E-state index is -0.121. The first-order valence-electron chi connectivity index (χ1n) is 5.86. The molecule has 0 aliphatic carbocycles. The van der Waals surface area contributed by atoms with E-state index < -0.39 is 0 Å². The Balaban J connectivity index is 1.88. The molecule has 92 valence electrons. The minimum absolute atomic E-state index is 0.121. The van der Waals surface area contributed by atoms with Crippen LogP contribution in [0.3, 0.4) is 0 Å². The minimum Gasteiger partial charge on any atom is -0.352 e. The van der Waals surface area contributed by atoms with Gasteiger partial charge in [-0.25, -0.2) is 9.97 Å². The highest BCUT2D eigenvalue weighted by Crippen LogP contribution is 2.02.